The minimum absolute atomic E-state index is 0.0499. The van der Waals surface area contributed by atoms with Crippen molar-refractivity contribution < 1.29 is 9.52 Å². The third kappa shape index (κ3) is 4.20. The Labute approximate surface area is 120 Å². The molecular formula is C16H22N2O2. The maximum atomic E-state index is 8.96. The van der Waals surface area contributed by atoms with Gasteiger partial charge in [0.05, 0.1) is 6.54 Å². The molecule has 0 saturated carbocycles. The van der Waals surface area contributed by atoms with E-state index in [4.69, 9.17) is 9.52 Å². The van der Waals surface area contributed by atoms with Crippen LogP contribution < -0.4 is 5.32 Å². The fourth-order valence-electron chi connectivity index (χ4n) is 2.15. The Morgan fingerprint density at radius 3 is 2.35 bits per heavy atom. The van der Waals surface area contributed by atoms with Gasteiger partial charge in [0.2, 0.25) is 0 Å². The van der Waals surface area contributed by atoms with Gasteiger partial charge in [-0.05, 0) is 37.4 Å². The molecule has 0 saturated heterocycles. The second kappa shape index (κ2) is 7.24. The number of hydrogen-bond acceptors (Lipinski definition) is 4. The van der Waals surface area contributed by atoms with Crippen LogP contribution in [0.1, 0.15) is 22.6 Å². The number of nitrogens with zero attached hydrogens (tertiary/aromatic N) is 1. The summed E-state index contributed by atoms with van der Waals surface area (Å²) in [7, 11) is 4.15. The van der Waals surface area contributed by atoms with Crippen LogP contribution in [0.15, 0.2) is 40.8 Å². The first-order valence-corrected chi connectivity index (χ1v) is 6.79. The lowest BCUT2D eigenvalue weighted by Gasteiger charge is -2.14. The molecule has 4 heteroatoms. The number of aliphatic hydroxyl groups excluding tert-OH is 1. The third-order valence-corrected chi connectivity index (χ3v) is 3.09. The average molecular weight is 274 g/mol. The van der Waals surface area contributed by atoms with Crippen molar-refractivity contribution in [3.63, 3.8) is 0 Å². The van der Waals surface area contributed by atoms with E-state index in [1.165, 1.54) is 11.1 Å². The van der Waals surface area contributed by atoms with E-state index in [-0.39, 0.29) is 6.61 Å². The van der Waals surface area contributed by atoms with Gasteiger partial charge in [-0.2, -0.15) is 0 Å². The molecule has 0 aliphatic rings. The van der Waals surface area contributed by atoms with Gasteiger partial charge in [-0.3, -0.25) is 0 Å². The van der Waals surface area contributed by atoms with Crippen LogP contribution in [0.2, 0.25) is 0 Å². The highest BCUT2D eigenvalue weighted by Gasteiger charge is 2.04. The molecule has 20 heavy (non-hydrogen) atoms. The number of nitrogens with one attached hydrogen (secondary N) is 1. The van der Waals surface area contributed by atoms with Crippen LogP contribution in [0.25, 0.3) is 0 Å². The van der Waals surface area contributed by atoms with E-state index >= 15 is 0 Å². The fraction of sp³-hybridized carbons (Fsp3) is 0.375. The summed E-state index contributed by atoms with van der Waals surface area (Å²) in [6.45, 7) is 2.36. The molecule has 0 aliphatic carbocycles. The minimum Gasteiger partial charge on any atom is -0.462 e. The minimum atomic E-state index is -0.0499. The van der Waals surface area contributed by atoms with Crippen LogP contribution in [0.3, 0.4) is 0 Å². The molecule has 4 nitrogen and oxygen atoms in total. The Kier molecular flexibility index (Phi) is 5.35. The van der Waals surface area contributed by atoms with Crippen molar-refractivity contribution in [3.05, 3.63) is 59.0 Å². The summed E-state index contributed by atoms with van der Waals surface area (Å²) in [6.07, 6.45) is 0. The van der Waals surface area contributed by atoms with Gasteiger partial charge in [-0.15, -0.1) is 0 Å². The van der Waals surface area contributed by atoms with Crippen molar-refractivity contribution in [1.82, 2.24) is 10.2 Å². The van der Waals surface area contributed by atoms with Crippen LogP contribution >= 0.6 is 0 Å². The number of aliphatic hydroxyl groups is 1. The number of rotatable bonds is 7. The first-order valence-electron chi connectivity index (χ1n) is 6.79. The second-order valence-electron chi connectivity index (χ2n) is 5.14. The van der Waals surface area contributed by atoms with E-state index in [9.17, 15) is 0 Å². The van der Waals surface area contributed by atoms with Gasteiger partial charge in [0.15, 0.2) is 0 Å². The zero-order valence-electron chi connectivity index (χ0n) is 12.1. The van der Waals surface area contributed by atoms with Crippen molar-refractivity contribution in [2.75, 3.05) is 14.1 Å². The number of furan rings is 1. The number of benzene rings is 1. The zero-order valence-corrected chi connectivity index (χ0v) is 12.1. The molecule has 0 atom stereocenters. The van der Waals surface area contributed by atoms with Gasteiger partial charge >= 0.3 is 0 Å². The van der Waals surface area contributed by atoms with Crippen molar-refractivity contribution >= 4 is 0 Å². The van der Waals surface area contributed by atoms with Gasteiger partial charge in [0.25, 0.3) is 0 Å². The third-order valence-electron chi connectivity index (χ3n) is 3.09. The predicted molar refractivity (Wildman–Crippen MR) is 79.0 cm³/mol. The van der Waals surface area contributed by atoms with Gasteiger partial charge in [-0.25, -0.2) is 0 Å². The van der Waals surface area contributed by atoms with Crippen LogP contribution in [0, 0.1) is 0 Å². The molecule has 0 fully saturated rings. The highest BCUT2D eigenvalue weighted by molar-refractivity contribution is 5.27. The van der Waals surface area contributed by atoms with E-state index in [1.807, 2.05) is 6.07 Å². The maximum Gasteiger partial charge on any atom is 0.129 e. The van der Waals surface area contributed by atoms with E-state index in [0.717, 1.165) is 18.8 Å². The smallest absolute Gasteiger partial charge is 0.129 e. The molecule has 2 aromatic rings. The molecule has 0 unspecified atom stereocenters. The van der Waals surface area contributed by atoms with Crippen LogP contribution in [-0.2, 0) is 26.2 Å². The van der Waals surface area contributed by atoms with Crippen LogP contribution in [0.5, 0.6) is 0 Å². The number of hydrogen-bond donors (Lipinski definition) is 2. The lowest BCUT2D eigenvalue weighted by molar-refractivity contribution is 0.242. The van der Waals surface area contributed by atoms with E-state index < -0.39 is 0 Å². The first-order chi connectivity index (χ1) is 9.69. The molecule has 1 heterocycles. The molecule has 108 valence electrons. The van der Waals surface area contributed by atoms with E-state index in [2.05, 4.69) is 48.6 Å². The quantitative estimate of drug-likeness (QED) is 0.812. The summed E-state index contributed by atoms with van der Waals surface area (Å²) in [6, 6.07) is 12.1. The summed E-state index contributed by atoms with van der Waals surface area (Å²) < 4.78 is 5.44. The molecule has 0 bridgehead atoms. The molecular weight excluding hydrogens is 252 g/mol. The first kappa shape index (κ1) is 14.8. The largest absolute Gasteiger partial charge is 0.462 e. The lowest BCUT2D eigenvalue weighted by Crippen LogP contribution is -2.17. The molecule has 2 rings (SSSR count). The highest BCUT2D eigenvalue weighted by atomic mass is 16.4. The average Bonchev–Trinajstić information content (AvgIpc) is 2.88. The highest BCUT2D eigenvalue weighted by Crippen LogP contribution is 2.11. The monoisotopic (exact) mass is 274 g/mol. The topological polar surface area (TPSA) is 48.6 Å². The van der Waals surface area contributed by atoms with Crippen molar-refractivity contribution in [1.29, 1.82) is 0 Å². The van der Waals surface area contributed by atoms with Gasteiger partial charge in [-0.1, -0.05) is 24.3 Å². The Morgan fingerprint density at radius 1 is 1.00 bits per heavy atom. The molecule has 0 amide bonds. The summed E-state index contributed by atoms with van der Waals surface area (Å²) in [5.74, 6) is 1.45. The molecule has 0 radical (unpaired) electrons. The molecule has 1 aromatic heterocycles. The van der Waals surface area contributed by atoms with Gasteiger partial charge in [0.1, 0.15) is 18.1 Å². The van der Waals surface area contributed by atoms with Crippen LogP contribution in [-0.4, -0.2) is 24.1 Å². The fourth-order valence-corrected chi connectivity index (χ4v) is 2.15. The molecule has 1 aromatic carbocycles. The van der Waals surface area contributed by atoms with Crippen molar-refractivity contribution in [2.45, 2.75) is 26.2 Å². The molecule has 2 N–H and O–H groups in total. The van der Waals surface area contributed by atoms with Crippen molar-refractivity contribution in [2.24, 2.45) is 0 Å². The SMILES string of the molecule is CN(C)Cc1ccccc1CNCc1ccc(CO)o1. The summed E-state index contributed by atoms with van der Waals surface area (Å²) >= 11 is 0. The Morgan fingerprint density at radius 2 is 1.70 bits per heavy atom. The maximum absolute atomic E-state index is 8.96. The Bertz CT molecular complexity index is 535. The van der Waals surface area contributed by atoms with E-state index in [1.54, 1.807) is 6.07 Å². The summed E-state index contributed by atoms with van der Waals surface area (Å²) in [4.78, 5) is 2.17. The van der Waals surface area contributed by atoms with Gasteiger partial charge < -0.3 is 19.7 Å². The Hall–Kier alpha value is -1.62. The Balaban J connectivity index is 1.90. The standard InChI is InChI=1S/C16H22N2O2/c1-18(2)11-14-6-4-3-5-13(14)9-17-10-15-7-8-16(12-19)20-15/h3-8,17,19H,9-12H2,1-2H3. The van der Waals surface area contributed by atoms with E-state index in [0.29, 0.717) is 12.3 Å². The summed E-state index contributed by atoms with van der Waals surface area (Å²) in [5, 5.41) is 12.3. The summed E-state index contributed by atoms with van der Waals surface area (Å²) in [5.41, 5.74) is 2.63. The molecule has 0 aliphatic heterocycles. The normalized spacial score (nSPS) is 11.2. The zero-order chi connectivity index (χ0) is 14.4. The van der Waals surface area contributed by atoms with Crippen molar-refractivity contribution in [3.8, 4) is 0 Å². The van der Waals surface area contributed by atoms with Gasteiger partial charge in [0, 0.05) is 13.1 Å². The molecule has 0 spiro atoms. The lowest BCUT2D eigenvalue weighted by atomic mass is 10.1. The predicted octanol–water partition coefficient (Wildman–Crippen LogP) is 2.12. The van der Waals surface area contributed by atoms with Crippen LogP contribution in [0.4, 0.5) is 0 Å². The second-order valence-corrected chi connectivity index (χ2v) is 5.14.